The average Bonchev–Trinajstić information content (AvgIpc) is 2.99. The maximum absolute atomic E-state index is 3.84. The van der Waals surface area contributed by atoms with Crippen LogP contribution in [-0.2, 0) is 0 Å². The van der Waals surface area contributed by atoms with E-state index in [2.05, 4.69) is 29.0 Å². The molecule has 104 valence electrons. The Balaban J connectivity index is 1.39. The van der Waals surface area contributed by atoms with Crippen LogP contribution in [-0.4, -0.2) is 60.6 Å². The lowest BCUT2D eigenvalue weighted by Gasteiger charge is -2.20. The SMILES string of the molecule is CCN1CCC(CNC2CC(C)N(C3CC3)C2)C1. The third-order valence-corrected chi connectivity index (χ3v) is 5.15. The molecular weight excluding hydrogens is 222 g/mol. The van der Waals surface area contributed by atoms with Crippen LogP contribution >= 0.6 is 0 Å². The molecule has 3 atom stereocenters. The molecule has 0 aromatic rings. The highest BCUT2D eigenvalue weighted by molar-refractivity contribution is 4.96. The highest BCUT2D eigenvalue weighted by Gasteiger charge is 2.38. The van der Waals surface area contributed by atoms with Crippen LogP contribution < -0.4 is 5.32 Å². The molecule has 2 saturated heterocycles. The van der Waals surface area contributed by atoms with E-state index in [1.165, 1.54) is 58.4 Å². The molecule has 0 aromatic carbocycles. The molecule has 0 spiro atoms. The molecule has 1 saturated carbocycles. The van der Waals surface area contributed by atoms with Crippen LogP contribution in [0.25, 0.3) is 0 Å². The van der Waals surface area contributed by atoms with Crippen molar-refractivity contribution >= 4 is 0 Å². The monoisotopic (exact) mass is 251 g/mol. The summed E-state index contributed by atoms with van der Waals surface area (Å²) in [5, 5.41) is 3.84. The summed E-state index contributed by atoms with van der Waals surface area (Å²) in [5.74, 6) is 0.898. The molecule has 0 bridgehead atoms. The van der Waals surface area contributed by atoms with E-state index in [0.29, 0.717) is 0 Å². The molecule has 3 fully saturated rings. The minimum Gasteiger partial charge on any atom is -0.312 e. The van der Waals surface area contributed by atoms with Gasteiger partial charge < -0.3 is 10.2 Å². The number of nitrogens with zero attached hydrogens (tertiary/aromatic N) is 2. The smallest absolute Gasteiger partial charge is 0.0210 e. The van der Waals surface area contributed by atoms with Crippen LogP contribution in [0.1, 0.15) is 39.5 Å². The van der Waals surface area contributed by atoms with Gasteiger partial charge in [0.1, 0.15) is 0 Å². The Bertz CT molecular complexity index is 277. The fourth-order valence-corrected chi connectivity index (χ4v) is 3.82. The van der Waals surface area contributed by atoms with Crippen molar-refractivity contribution < 1.29 is 0 Å². The Morgan fingerprint density at radius 1 is 1.17 bits per heavy atom. The van der Waals surface area contributed by atoms with Crippen LogP contribution in [0.4, 0.5) is 0 Å². The molecule has 0 amide bonds. The lowest BCUT2D eigenvalue weighted by atomic mass is 10.1. The van der Waals surface area contributed by atoms with Crippen molar-refractivity contribution in [2.45, 2.75) is 57.7 Å². The van der Waals surface area contributed by atoms with E-state index in [0.717, 1.165) is 24.0 Å². The second-order valence-corrected chi connectivity index (χ2v) is 6.67. The number of nitrogens with one attached hydrogen (secondary N) is 1. The summed E-state index contributed by atoms with van der Waals surface area (Å²) >= 11 is 0. The zero-order valence-electron chi connectivity index (χ0n) is 12.1. The quantitative estimate of drug-likeness (QED) is 0.800. The van der Waals surface area contributed by atoms with E-state index >= 15 is 0 Å². The van der Waals surface area contributed by atoms with Gasteiger partial charge in [0.2, 0.25) is 0 Å². The summed E-state index contributed by atoms with van der Waals surface area (Å²) < 4.78 is 0. The van der Waals surface area contributed by atoms with Gasteiger partial charge in [0.15, 0.2) is 0 Å². The molecule has 1 N–H and O–H groups in total. The molecule has 3 aliphatic rings. The first-order chi connectivity index (χ1) is 8.76. The van der Waals surface area contributed by atoms with E-state index in [-0.39, 0.29) is 0 Å². The van der Waals surface area contributed by atoms with Gasteiger partial charge in [0.25, 0.3) is 0 Å². The Morgan fingerprint density at radius 3 is 2.67 bits per heavy atom. The molecule has 3 heteroatoms. The van der Waals surface area contributed by atoms with Crippen LogP contribution in [0.15, 0.2) is 0 Å². The third kappa shape index (κ3) is 2.89. The molecular formula is C15H29N3. The van der Waals surface area contributed by atoms with Crippen LogP contribution in [0.3, 0.4) is 0 Å². The summed E-state index contributed by atoms with van der Waals surface area (Å²) in [6.45, 7) is 11.1. The molecule has 2 heterocycles. The molecule has 1 aliphatic carbocycles. The maximum atomic E-state index is 3.84. The largest absolute Gasteiger partial charge is 0.312 e. The molecule has 3 rings (SSSR count). The first-order valence-corrected chi connectivity index (χ1v) is 7.97. The Kier molecular flexibility index (Phi) is 3.92. The van der Waals surface area contributed by atoms with Gasteiger partial charge in [-0.1, -0.05) is 6.92 Å². The molecule has 0 radical (unpaired) electrons. The van der Waals surface area contributed by atoms with Gasteiger partial charge in [-0.2, -0.15) is 0 Å². The summed E-state index contributed by atoms with van der Waals surface area (Å²) in [6, 6.07) is 2.51. The van der Waals surface area contributed by atoms with Crippen molar-refractivity contribution in [1.82, 2.24) is 15.1 Å². The van der Waals surface area contributed by atoms with Crippen molar-refractivity contribution in [2.75, 3.05) is 32.7 Å². The Morgan fingerprint density at radius 2 is 2.00 bits per heavy atom. The second kappa shape index (κ2) is 5.48. The van der Waals surface area contributed by atoms with Gasteiger partial charge in [-0.3, -0.25) is 4.90 Å². The minimum absolute atomic E-state index is 0.760. The van der Waals surface area contributed by atoms with Gasteiger partial charge in [0.05, 0.1) is 0 Å². The van der Waals surface area contributed by atoms with E-state index in [1.807, 2.05) is 0 Å². The summed E-state index contributed by atoms with van der Waals surface area (Å²) in [4.78, 5) is 5.32. The highest BCUT2D eigenvalue weighted by atomic mass is 15.3. The number of rotatable bonds is 5. The van der Waals surface area contributed by atoms with E-state index in [1.54, 1.807) is 0 Å². The van der Waals surface area contributed by atoms with Gasteiger partial charge >= 0.3 is 0 Å². The summed E-state index contributed by atoms with van der Waals surface area (Å²) in [6.07, 6.45) is 5.66. The Hall–Kier alpha value is -0.120. The first-order valence-electron chi connectivity index (χ1n) is 7.97. The van der Waals surface area contributed by atoms with Crippen molar-refractivity contribution in [3.63, 3.8) is 0 Å². The molecule has 3 nitrogen and oxygen atoms in total. The first kappa shape index (κ1) is 12.9. The summed E-state index contributed by atoms with van der Waals surface area (Å²) in [7, 11) is 0. The highest BCUT2D eigenvalue weighted by Crippen LogP contribution is 2.33. The van der Waals surface area contributed by atoms with Crippen LogP contribution in [0, 0.1) is 5.92 Å². The molecule has 3 unspecified atom stereocenters. The maximum Gasteiger partial charge on any atom is 0.0210 e. The number of hydrogen-bond donors (Lipinski definition) is 1. The Labute approximate surface area is 112 Å². The molecule has 0 aromatic heterocycles. The van der Waals surface area contributed by atoms with Crippen molar-refractivity contribution in [1.29, 1.82) is 0 Å². The van der Waals surface area contributed by atoms with Crippen molar-refractivity contribution in [3.8, 4) is 0 Å². The summed E-state index contributed by atoms with van der Waals surface area (Å²) in [5.41, 5.74) is 0. The number of hydrogen-bond acceptors (Lipinski definition) is 3. The van der Waals surface area contributed by atoms with E-state index in [9.17, 15) is 0 Å². The normalized spacial score (nSPS) is 38.7. The predicted octanol–water partition coefficient (Wildman–Crippen LogP) is 1.54. The number of likely N-dealkylation sites (tertiary alicyclic amines) is 2. The lowest BCUT2D eigenvalue weighted by molar-refractivity contribution is 0.254. The minimum atomic E-state index is 0.760. The average molecular weight is 251 g/mol. The zero-order chi connectivity index (χ0) is 12.5. The fourth-order valence-electron chi connectivity index (χ4n) is 3.82. The third-order valence-electron chi connectivity index (χ3n) is 5.15. The molecule has 18 heavy (non-hydrogen) atoms. The standard InChI is InChI=1S/C15H29N3/c1-3-17-7-6-13(10-17)9-16-14-8-12(2)18(11-14)15-4-5-15/h12-16H,3-11H2,1-2H3. The van der Waals surface area contributed by atoms with Crippen LogP contribution in [0.5, 0.6) is 0 Å². The van der Waals surface area contributed by atoms with E-state index in [4.69, 9.17) is 0 Å². The molecule has 2 aliphatic heterocycles. The van der Waals surface area contributed by atoms with Gasteiger partial charge in [-0.05, 0) is 58.2 Å². The lowest BCUT2D eigenvalue weighted by Crippen LogP contribution is -2.37. The van der Waals surface area contributed by atoms with E-state index < -0.39 is 0 Å². The predicted molar refractivity (Wildman–Crippen MR) is 75.8 cm³/mol. The van der Waals surface area contributed by atoms with Crippen molar-refractivity contribution in [2.24, 2.45) is 5.92 Å². The van der Waals surface area contributed by atoms with Gasteiger partial charge in [-0.15, -0.1) is 0 Å². The van der Waals surface area contributed by atoms with Gasteiger partial charge in [0, 0.05) is 31.2 Å². The second-order valence-electron chi connectivity index (χ2n) is 6.67. The van der Waals surface area contributed by atoms with Gasteiger partial charge in [-0.25, -0.2) is 0 Å². The fraction of sp³-hybridized carbons (Fsp3) is 1.00. The topological polar surface area (TPSA) is 18.5 Å². The zero-order valence-corrected chi connectivity index (χ0v) is 12.1. The van der Waals surface area contributed by atoms with Crippen LogP contribution in [0.2, 0.25) is 0 Å². The van der Waals surface area contributed by atoms with Crippen molar-refractivity contribution in [3.05, 3.63) is 0 Å².